The van der Waals surface area contributed by atoms with E-state index in [9.17, 15) is 5.11 Å². The summed E-state index contributed by atoms with van der Waals surface area (Å²) in [5.74, 6) is 0.170. The Hall–Kier alpha value is -1.17. The van der Waals surface area contributed by atoms with Crippen LogP contribution in [0.2, 0.25) is 5.02 Å². The zero-order valence-electron chi connectivity index (χ0n) is 9.06. The number of phenolic OH excluding ortho intramolecular Hbond substituents is 1. The molecule has 1 aromatic carbocycles. The maximum atomic E-state index is 9.43. The van der Waals surface area contributed by atoms with Crippen LogP contribution in [0.25, 0.3) is 10.6 Å². The van der Waals surface area contributed by atoms with Crippen LogP contribution in [-0.4, -0.2) is 21.8 Å². The molecule has 2 rings (SSSR count). The van der Waals surface area contributed by atoms with Crippen LogP contribution in [0.3, 0.4) is 0 Å². The molecule has 0 fully saturated rings. The average molecular weight is 270 g/mol. The largest absolute Gasteiger partial charge is 0.508 e. The van der Waals surface area contributed by atoms with Gasteiger partial charge in [-0.05, 0) is 31.2 Å². The number of rotatable bonds is 4. The normalized spacial score (nSPS) is 10.7. The van der Waals surface area contributed by atoms with Crippen molar-refractivity contribution in [1.29, 1.82) is 0 Å². The van der Waals surface area contributed by atoms with E-state index in [0.717, 1.165) is 22.9 Å². The van der Waals surface area contributed by atoms with Gasteiger partial charge in [-0.25, -0.2) is 0 Å². The number of nitrogens with zero attached hydrogens (tertiary/aromatic N) is 2. The molecular formula is C11H12ClN3OS. The smallest absolute Gasteiger partial charge is 0.149 e. The Morgan fingerprint density at radius 2 is 2.18 bits per heavy atom. The van der Waals surface area contributed by atoms with Crippen molar-refractivity contribution < 1.29 is 5.11 Å². The average Bonchev–Trinajstić information content (AvgIpc) is 2.78. The van der Waals surface area contributed by atoms with Crippen LogP contribution in [0.15, 0.2) is 18.2 Å². The van der Waals surface area contributed by atoms with Crippen molar-refractivity contribution in [2.45, 2.75) is 12.8 Å². The van der Waals surface area contributed by atoms with Crippen molar-refractivity contribution in [3.05, 3.63) is 28.2 Å². The summed E-state index contributed by atoms with van der Waals surface area (Å²) < 4.78 is 0. The summed E-state index contributed by atoms with van der Waals surface area (Å²) >= 11 is 7.53. The van der Waals surface area contributed by atoms with Gasteiger partial charge < -0.3 is 10.8 Å². The van der Waals surface area contributed by atoms with E-state index in [4.69, 9.17) is 17.3 Å². The molecule has 0 aliphatic rings. The first-order chi connectivity index (χ1) is 8.20. The second kappa shape index (κ2) is 5.44. The monoisotopic (exact) mass is 269 g/mol. The van der Waals surface area contributed by atoms with Gasteiger partial charge >= 0.3 is 0 Å². The summed E-state index contributed by atoms with van der Waals surface area (Å²) in [5, 5.41) is 19.8. The maximum absolute atomic E-state index is 9.43. The molecule has 0 unspecified atom stereocenters. The van der Waals surface area contributed by atoms with Crippen molar-refractivity contribution in [2.24, 2.45) is 5.73 Å². The number of benzene rings is 1. The topological polar surface area (TPSA) is 72.0 Å². The van der Waals surface area contributed by atoms with E-state index in [-0.39, 0.29) is 5.75 Å². The Kier molecular flexibility index (Phi) is 3.93. The highest BCUT2D eigenvalue weighted by atomic mass is 35.5. The Bertz CT molecular complexity index is 515. The molecule has 90 valence electrons. The van der Waals surface area contributed by atoms with Crippen LogP contribution in [-0.2, 0) is 6.42 Å². The van der Waals surface area contributed by atoms with Crippen molar-refractivity contribution in [1.82, 2.24) is 10.2 Å². The summed E-state index contributed by atoms with van der Waals surface area (Å²) in [6.07, 6.45) is 1.72. The first kappa shape index (κ1) is 12.3. The zero-order valence-corrected chi connectivity index (χ0v) is 10.6. The van der Waals surface area contributed by atoms with Gasteiger partial charge in [-0.1, -0.05) is 22.9 Å². The van der Waals surface area contributed by atoms with Gasteiger partial charge in [-0.3, -0.25) is 0 Å². The van der Waals surface area contributed by atoms with E-state index in [0.29, 0.717) is 17.1 Å². The minimum Gasteiger partial charge on any atom is -0.508 e. The summed E-state index contributed by atoms with van der Waals surface area (Å²) in [5.41, 5.74) is 6.15. The van der Waals surface area contributed by atoms with Gasteiger partial charge in [0.2, 0.25) is 0 Å². The number of nitrogens with two attached hydrogens (primary N) is 1. The summed E-state index contributed by atoms with van der Waals surface area (Å²) in [6, 6.07) is 4.78. The van der Waals surface area contributed by atoms with Crippen LogP contribution < -0.4 is 5.73 Å². The molecule has 4 nitrogen and oxygen atoms in total. The van der Waals surface area contributed by atoms with E-state index >= 15 is 0 Å². The highest BCUT2D eigenvalue weighted by Gasteiger charge is 2.10. The Morgan fingerprint density at radius 3 is 2.94 bits per heavy atom. The lowest BCUT2D eigenvalue weighted by Gasteiger charge is -1.99. The third-order valence-electron chi connectivity index (χ3n) is 2.24. The molecule has 6 heteroatoms. The van der Waals surface area contributed by atoms with E-state index in [1.54, 1.807) is 18.2 Å². The van der Waals surface area contributed by atoms with Crippen molar-refractivity contribution in [2.75, 3.05) is 6.54 Å². The maximum Gasteiger partial charge on any atom is 0.149 e. The van der Waals surface area contributed by atoms with Crippen molar-refractivity contribution in [3.63, 3.8) is 0 Å². The molecule has 0 aliphatic heterocycles. The third-order valence-corrected chi connectivity index (χ3v) is 3.59. The quantitative estimate of drug-likeness (QED) is 0.894. The highest BCUT2D eigenvalue weighted by Crippen LogP contribution is 2.33. The minimum absolute atomic E-state index is 0.170. The molecule has 1 aromatic heterocycles. The molecule has 0 radical (unpaired) electrons. The van der Waals surface area contributed by atoms with Gasteiger partial charge in [0.15, 0.2) is 0 Å². The molecule has 1 heterocycles. The van der Waals surface area contributed by atoms with E-state index < -0.39 is 0 Å². The number of halogens is 1. The third kappa shape index (κ3) is 2.94. The standard InChI is InChI=1S/C11H12ClN3OS/c12-9-4-3-7(16)6-8(9)11-15-14-10(17-11)2-1-5-13/h3-4,6,16H,1-2,5,13H2. The second-order valence-electron chi connectivity index (χ2n) is 3.56. The van der Waals surface area contributed by atoms with Crippen LogP contribution in [0, 0.1) is 0 Å². The predicted molar refractivity (Wildman–Crippen MR) is 69.4 cm³/mol. The lowest BCUT2D eigenvalue weighted by Crippen LogP contribution is -1.99. The van der Waals surface area contributed by atoms with E-state index in [2.05, 4.69) is 10.2 Å². The highest BCUT2D eigenvalue weighted by molar-refractivity contribution is 7.14. The Labute approximate surface area is 108 Å². The SMILES string of the molecule is NCCCc1nnc(-c2cc(O)ccc2Cl)s1. The summed E-state index contributed by atoms with van der Waals surface area (Å²) in [6.45, 7) is 0.641. The van der Waals surface area contributed by atoms with Gasteiger partial charge in [0.1, 0.15) is 15.8 Å². The van der Waals surface area contributed by atoms with Crippen LogP contribution in [0.5, 0.6) is 5.75 Å². The fourth-order valence-electron chi connectivity index (χ4n) is 1.39. The predicted octanol–water partition coefficient (Wildman–Crippen LogP) is 2.46. The molecule has 0 atom stereocenters. The number of aromatic hydroxyl groups is 1. The van der Waals surface area contributed by atoms with Gasteiger partial charge in [0.25, 0.3) is 0 Å². The van der Waals surface area contributed by atoms with Crippen molar-refractivity contribution >= 4 is 22.9 Å². The molecule has 0 spiro atoms. The Morgan fingerprint density at radius 1 is 1.35 bits per heavy atom. The minimum atomic E-state index is 0.170. The van der Waals surface area contributed by atoms with Gasteiger partial charge in [0.05, 0.1) is 5.02 Å². The van der Waals surface area contributed by atoms with Crippen molar-refractivity contribution in [3.8, 4) is 16.3 Å². The molecule has 3 N–H and O–H groups in total. The van der Waals surface area contributed by atoms with Gasteiger partial charge in [-0.15, -0.1) is 10.2 Å². The van der Waals surface area contributed by atoms with Gasteiger partial charge in [-0.2, -0.15) is 0 Å². The number of phenols is 1. The van der Waals surface area contributed by atoms with Gasteiger partial charge in [0, 0.05) is 12.0 Å². The first-order valence-corrected chi connectivity index (χ1v) is 6.41. The number of aromatic nitrogens is 2. The fourth-order valence-corrected chi connectivity index (χ4v) is 2.57. The lowest BCUT2D eigenvalue weighted by molar-refractivity contribution is 0.475. The second-order valence-corrected chi connectivity index (χ2v) is 5.03. The number of hydrogen-bond donors (Lipinski definition) is 2. The molecular weight excluding hydrogens is 258 g/mol. The van der Waals surface area contributed by atoms with Crippen LogP contribution in [0.1, 0.15) is 11.4 Å². The fraction of sp³-hybridized carbons (Fsp3) is 0.273. The molecule has 17 heavy (non-hydrogen) atoms. The van der Waals surface area contributed by atoms with E-state index in [1.807, 2.05) is 0 Å². The van der Waals surface area contributed by atoms with Crippen LogP contribution in [0.4, 0.5) is 0 Å². The Balaban J connectivity index is 2.27. The molecule has 0 amide bonds. The molecule has 0 saturated heterocycles. The lowest BCUT2D eigenvalue weighted by atomic mass is 10.2. The van der Waals surface area contributed by atoms with Crippen LogP contribution >= 0.6 is 22.9 Å². The van der Waals surface area contributed by atoms with E-state index in [1.165, 1.54) is 11.3 Å². The first-order valence-electron chi connectivity index (χ1n) is 5.22. The molecule has 0 bridgehead atoms. The number of aryl methyl sites for hydroxylation is 1. The molecule has 2 aromatic rings. The zero-order chi connectivity index (χ0) is 12.3. The summed E-state index contributed by atoms with van der Waals surface area (Å²) in [4.78, 5) is 0. The number of hydrogen-bond acceptors (Lipinski definition) is 5. The molecule has 0 saturated carbocycles. The molecule has 0 aliphatic carbocycles. The summed E-state index contributed by atoms with van der Waals surface area (Å²) in [7, 11) is 0.